The van der Waals surface area contributed by atoms with Crippen molar-refractivity contribution in [1.82, 2.24) is 0 Å². The van der Waals surface area contributed by atoms with Gasteiger partial charge < -0.3 is 0 Å². The molecule has 0 saturated heterocycles. The van der Waals surface area contributed by atoms with Crippen LogP contribution in [0, 0.1) is 5.41 Å². The van der Waals surface area contributed by atoms with Crippen molar-refractivity contribution in [2.45, 2.75) is 33.6 Å². The van der Waals surface area contributed by atoms with E-state index in [-0.39, 0.29) is 5.41 Å². The fourth-order valence-corrected chi connectivity index (χ4v) is 1.43. The van der Waals surface area contributed by atoms with Gasteiger partial charge in [0.05, 0.1) is 0 Å². The van der Waals surface area contributed by atoms with Gasteiger partial charge in [-0.15, -0.1) is 0 Å². The molecule has 0 aromatic carbocycles. The molecule has 1 aliphatic rings. The molecule has 0 saturated carbocycles. The van der Waals surface area contributed by atoms with Gasteiger partial charge in [0.1, 0.15) is 0 Å². The summed E-state index contributed by atoms with van der Waals surface area (Å²) in [6.07, 6.45) is 4.58. The highest BCUT2D eigenvalue weighted by Gasteiger charge is 2.24. The van der Waals surface area contributed by atoms with Gasteiger partial charge in [-0.2, -0.15) is 0 Å². The Labute approximate surface area is 68.3 Å². The fraction of sp³-hybridized carbons (Fsp3) is 0.667. The first-order valence-electron chi connectivity index (χ1n) is 3.74. The topological polar surface area (TPSA) is 0 Å². The Balaban J connectivity index is 2.84. The molecule has 1 rings (SSSR count). The Morgan fingerprint density at radius 2 is 2.10 bits per heavy atom. The Bertz CT molecular complexity index is 187. The zero-order valence-corrected chi connectivity index (χ0v) is 7.72. The quantitative estimate of drug-likeness (QED) is 0.483. The van der Waals surface area contributed by atoms with Crippen LogP contribution >= 0.6 is 12.2 Å². The summed E-state index contributed by atoms with van der Waals surface area (Å²) >= 11 is 5.24. The first-order chi connectivity index (χ1) is 4.52. The highest BCUT2D eigenvalue weighted by atomic mass is 32.1. The van der Waals surface area contributed by atoms with Gasteiger partial charge in [-0.3, -0.25) is 0 Å². The Kier molecular flexibility index (Phi) is 1.95. The van der Waals surface area contributed by atoms with E-state index in [0.29, 0.717) is 0 Å². The van der Waals surface area contributed by atoms with E-state index in [4.69, 9.17) is 12.2 Å². The molecule has 10 heavy (non-hydrogen) atoms. The van der Waals surface area contributed by atoms with Crippen molar-refractivity contribution >= 4 is 17.1 Å². The predicted octanol–water partition coefficient (Wildman–Crippen LogP) is 3.12. The molecule has 0 unspecified atom stereocenters. The van der Waals surface area contributed by atoms with E-state index < -0.39 is 0 Å². The Hall–Kier alpha value is -0.170. The first-order valence-corrected chi connectivity index (χ1v) is 4.15. The maximum atomic E-state index is 5.24. The van der Waals surface area contributed by atoms with Crippen molar-refractivity contribution in [3.8, 4) is 0 Å². The maximum Gasteiger partial charge on any atom is 0.0208 e. The lowest BCUT2D eigenvalue weighted by Crippen LogP contribution is -2.24. The summed E-state index contributed by atoms with van der Waals surface area (Å²) in [7, 11) is 0. The van der Waals surface area contributed by atoms with Crippen LogP contribution in [-0.4, -0.2) is 4.86 Å². The lowest BCUT2D eigenvalue weighted by molar-refractivity contribution is 0.474. The third-order valence-electron chi connectivity index (χ3n) is 2.19. The molecular weight excluding hydrogens is 140 g/mol. The largest absolute Gasteiger partial charge is 0.0843 e. The van der Waals surface area contributed by atoms with Gasteiger partial charge in [-0.05, 0) is 25.8 Å². The zero-order chi connectivity index (χ0) is 7.78. The van der Waals surface area contributed by atoms with Crippen LogP contribution in [0.25, 0.3) is 0 Å². The van der Waals surface area contributed by atoms with Crippen LogP contribution in [0.5, 0.6) is 0 Å². The molecule has 0 aromatic rings. The molecule has 0 radical (unpaired) electrons. The van der Waals surface area contributed by atoms with Crippen LogP contribution in [0.2, 0.25) is 0 Å². The summed E-state index contributed by atoms with van der Waals surface area (Å²) in [6.45, 7) is 6.60. The van der Waals surface area contributed by atoms with E-state index in [1.807, 2.05) is 0 Å². The molecule has 0 N–H and O–H groups in total. The molecule has 0 aliphatic heterocycles. The van der Waals surface area contributed by atoms with E-state index in [1.54, 1.807) is 0 Å². The van der Waals surface area contributed by atoms with Gasteiger partial charge in [0.15, 0.2) is 0 Å². The lowest BCUT2D eigenvalue weighted by Gasteiger charge is -2.28. The first kappa shape index (κ1) is 7.93. The lowest BCUT2D eigenvalue weighted by atomic mass is 9.78. The van der Waals surface area contributed by atoms with Gasteiger partial charge in [0.25, 0.3) is 0 Å². The van der Waals surface area contributed by atoms with Crippen LogP contribution in [0.4, 0.5) is 0 Å². The highest BCUT2D eigenvalue weighted by Crippen LogP contribution is 2.31. The number of thiocarbonyl (C=S) groups is 1. The second-order valence-corrected chi connectivity index (χ2v) is 4.18. The molecule has 0 fully saturated rings. The van der Waals surface area contributed by atoms with Gasteiger partial charge in [0, 0.05) is 10.3 Å². The van der Waals surface area contributed by atoms with E-state index in [9.17, 15) is 0 Å². The van der Waals surface area contributed by atoms with Gasteiger partial charge in [-0.25, -0.2) is 0 Å². The molecule has 0 atom stereocenters. The van der Waals surface area contributed by atoms with Gasteiger partial charge in [0.2, 0.25) is 0 Å². The maximum absolute atomic E-state index is 5.24. The summed E-state index contributed by atoms with van der Waals surface area (Å²) in [4.78, 5) is 1.12. The van der Waals surface area contributed by atoms with Crippen LogP contribution in [-0.2, 0) is 0 Å². The summed E-state index contributed by atoms with van der Waals surface area (Å²) in [5.74, 6) is 0. The molecule has 1 heteroatoms. The van der Waals surface area contributed by atoms with E-state index in [1.165, 1.54) is 18.4 Å². The normalized spacial score (nSPS) is 24.3. The minimum absolute atomic E-state index is 0.273. The second-order valence-electron chi connectivity index (χ2n) is 3.74. The van der Waals surface area contributed by atoms with Crippen LogP contribution in [0.1, 0.15) is 33.6 Å². The highest BCUT2D eigenvalue weighted by molar-refractivity contribution is 7.80. The second kappa shape index (κ2) is 2.46. The van der Waals surface area contributed by atoms with Crippen LogP contribution in [0.3, 0.4) is 0 Å². The Morgan fingerprint density at radius 1 is 1.50 bits per heavy atom. The van der Waals surface area contributed by atoms with Crippen molar-refractivity contribution in [2.75, 3.05) is 0 Å². The smallest absolute Gasteiger partial charge is 0.0208 e. The van der Waals surface area contributed by atoms with E-state index >= 15 is 0 Å². The van der Waals surface area contributed by atoms with Crippen molar-refractivity contribution in [1.29, 1.82) is 0 Å². The molecule has 0 amide bonds. The van der Waals surface area contributed by atoms with Crippen LogP contribution in [0.15, 0.2) is 11.6 Å². The number of rotatable bonds is 0. The number of hydrogen-bond donors (Lipinski definition) is 0. The van der Waals surface area contributed by atoms with Crippen molar-refractivity contribution in [3.05, 3.63) is 11.6 Å². The van der Waals surface area contributed by atoms with Gasteiger partial charge in [-0.1, -0.05) is 31.6 Å². The molecule has 1 aliphatic carbocycles. The molecular formula is C9H14S. The third kappa shape index (κ3) is 1.46. The monoisotopic (exact) mass is 154 g/mol. The average molecular weight is 154 g/mol. The molecule has 0 aromatic heterocycles. The standard InChI is InChI=1S/C9H14S/c1-7-4-5-9(2,3)8(10)6-7/h6H,4-5H2,1-3H3. The molecule has 0 spiro atoms. The minimum atomic E-state index is 0.273. The van der Waals surface area contributed by atoms with Crippen molar-refractivity contribution < 1.29 is 0 Å². The molecule has 0 heterocycles. The van der Waals surface area contributed by atoms with Gasteiger partial charge >= 0.3 is 0 Å². The van der Waals surface area contributed by atoms with E-state index in [0.717, 1.165) is 4.86 Å². The van der Waals surface area contributed by atoms with Crippen LogP contribution < -0.4 is 0 Å². The van der Waals surface area contributed by atoms with Crippen molar-refractivity contribution in [2.24, 2.45) is 5.41 Å². The zero-order valence-electron chi connectivity index (χ0n) is 6.90. The predicted molar refractivity (Wildman–Crippen MR) is 49.4 cm³/mol. The molecule has 56 valence electrons. The number of allylic oxidation sites excluding steroid dienone is 2. The third-order valence-corrected chi connectivity index (χ3v) is 2.86. The fourth-order valence-electron chi connectivity index (χ4n) is 1.12. The summed E-state index contributed by atoms with van der Waals surface area (Å²) in [5.41, 5.74) is 1.71. The summed E-state index contributed by atoms with van der Waals surface area (Å²) in [5, 5.41) is 0. The summed E-state index contributed by atoms with van der Waals surface area (Å²) in [6, 6.07) is 0. The molecule has 0 nitrogen and oxygen atoms in total. The average Bonchev–Trinajstić information content (AvgIpc) is 1.81. The van der Waals surface area contributed by atoms with Crippen molar-refractivity contribution in [3.63, 3.8) is 0 Å². The SMILES string of the molecule is CC1=CC(=S)C(C)(C)CC1. The summed E-state index contributed by atoms with van der Waals surface area (Å²) < 4.78 is 0. The van der Waals surface area contributed by atoms with E-state index in [2.05, 4.69) is 26.8 Å². The minimum Gasteiger partial charge on any atom is -0.0843 e. The Morgan fingerprint density at radius 3 is 2.50 bits per heavy atom. The number of hydrogen-bond acceptors (Lipinski definition) is 1. The molecule has 0 bridgehead atoms.